The SMILES string of the molecule is CC(C)OC(=O)CCC/C=C\C[C@@H]1[C@@H]([C@@H]2O[C@H]2[C@@H](O)CCc2ccccc2)[C@H]2C[C@@H]1OB(c1ccccc1)O2. The third-order valence-corrected chi connectivity index (χ3v) is 8.12. The number of esters is 1. The van der Waals surface area contributed by atoms with Crippen LogP contribution in [0.3, 0.4) is 0 Å². The lowest BCUT2D eigenvalue weighted by molar-refractivity contribution is -0.147. The van der Waals surface area contributed by atoms with E-state index < -0.39 is 6.10 Å². The normalized spacial score (nSPS) is 28.7. The molecule has 0 spiro atoms. The molecule has 208 valence electrons. The van der Waals surface area contributed by atoms with E-state index in [1.807, 2.05) is 62.4 Å². The lowest BCUT2D eigenvalue weighted by atomic mass is 9.77. The van der Waals surface area contributed by atoms with Gasteiger partial charge in [-0.15, -0.1) is 0 Å². The summed E-state index contributed by atoms with van der Waals surface area (Å²) in [5, 5.41) is 11.0. The van der Waals surface area contributed by atoms with Crippen molar-refractivity contribution >= 4 is 18.6 Å². The zero-order valence-electron chi connectivity index (χ0n) is 23.1. The van der Waals surface area contributed by atoms with Gasteiger partial charge in [0.2, 0.25) is 0 Å². The Bertz CT molecular complexity index is 1080. The van der Waals surface area contributed by atoms with Crippen molar-refractivity contribution < 1.29 is 28.7 Å². The van der Waals surface area contributed by atoms with Crippen molar-refractivity contribution in [3.63, 3.8) is 0 Å². The number of ether oxygens (including phenoxy) is 2. The van der Waals surface area contributed by atoms with Gasteiger partial charge in [0.1, 0.15) is 6.10 Å². The lowest BCUT2D eigenvalue weighted by Crippen LogP contribution is -2.46. The molecule has 2 aliphatic heterocycles. The molecule has 6 nitrogen and oxygen atoms in total. The molecule has 1 saturated carbocycles. The molecular weight excluding hydrogens is 491 g/mol. The van der Waals surface area contributed by atoms with Gasteiger partial charge >= 0.3 is 13.1 Å². The highest BCUT2D eigenvalue weighted by molar-refractivity contribution is 6.61. The van der Waals surface area contributed by atoms with Crippen LogP contribution in [-0.4, -0.2) is 54.8 Å². The Labute approximate surface area is 232 Å². The van der Waals surface area contributed by atoms with Crippen LogP contribution >= 0.6 is 0 Å². The average Bonchev–Trinajstić information content (AvgIpc) is 3.69. The summed E-state index contributed by atoms with van der Waals surface area (Å²) in [6, 6.07) is 20.4. The minimum Gasteiger partial charge on any atom is -0.463 e. The number of aryl methyl sites for hydroxylation is 1. The summed E-state index contributed by atoms with van der Waals surface area (Å²) in [6.45, 7) is 3.74. The fourth-order valence-corrected chi connectivity index (χ4v) is 6.20. The summed E-state index contributed by atoms with van der Waals surface area (Å²) in [5.74, 6) is 0.288. The highest BCUT2D eigenvalue weighted by Gasteiger charge is 2.60. The molecular formula is C32H41BO6. The largest absolute Gasteiger partial charge is 0.494 e. The molecule has 0 amide bonds. The van der Waals surface area contributed by atoms with Crippen LogP contribution in [0.25, 0.3) is 0 Å². The predicted octanol–water partition coefficient (Wildman–Crippen LogP) is 4.63. The van der Waals surface area contributed by atoms with Crippen LogP contribution < -0.4 is 5.46 Å². The molecule has 2 bridgehead atoms. The van der Waals surface area contributed by atoms with Gasteiger partial charge in [0.15, 0.2) is 0 Å². The second-order valence-corrected chi connectivity index (χ2v) is 11.4. The van der Waals surface area contributed by atoms with Gasteiger partial charge in [0, 0.05) is 18.4 Å². The molecule has 2 aromatic rings. The van der Waals surface area contributed by atoms with Crippen LogP contribution in [0.15, 0.2) is 72.8 Å². The number of aliphatic hydroxyl groups excluding tert-OH is 1. The van der Waals surface area contributed by atoms with Crippen molar-refractivity contribution in [2.45, 2.75) is 95.4 Å². The van der Waals surface area contributed by atoms with Gasteiger partial charge in [-0.1, -0.05) is 72.8 Å². The second-order valence-electron chi connectivity index (χ2n) is 11.4. The Morgan fingerprint density at radius 2 is 1.77 bits per heavy atom. The molecule has 5 rings (SSSR count). The first-order valence-electron chi connectivity index (χ1n) is 14.6. The number of rotatable bonds is 13. The van der Waals surface area contributed by atoms with E-state index in [0.717, 1.165) is 37.6 Å². The summed E-state index contributed by atoms with van der Waals surface area (Å²) < 4.78 is 24.4. The van der Waals surface area contributed by atoms with Gasteiger partial charge in [-0.25, -0.2) is 0 Å². The fourth-order valence-electron chi connectivity index (χ4n) is 6.20. The molecule has 1 aliphatic carbocycles. The zero-order chi connectivity index (χ0) is 27.2. The van der Waals surface area contributed by atoms with E-state index in [0.29, 0.717) is 12.8 Å². The summed E-state index contributed by atoms with van der Waals surface area (Å²) in [5.41, 5.74) is 2.26. The molecule has 39 heavy (non-hydrogen) atoms. The number of carbonyl (C=O) groups excluding carboxylic acids is 1. The van der Waals surface area contributed by atoms with Crippen molar-refractivity contribution in [2.75, 3.05) is 0 Å². The minimum absolute atomic E-state index is 0.0203. The number of epoxide rings is 1. The maximum atomic E-state index is 11.8. The van der Waals surface area contributed by atoms with E-state index in [1.54, 1.807) is 0 Å². The molecule has 7 heteroatoms. The number of aliphatic hydroxyl groups is 1. The topological polar surface area (TPSA) is 77.5 Å². The van der Waals surface area contributed by atoms with Crippen LogP contribution in [0, 0.1) is 11.8 Å². The van der Waals surface area contributed by atoms with Crippen molar-refractivity contribution in [1.29, 1.82) is 0 Å². The molecule has 0 unspecified atom stereocenters. The Hall–Kier alpha value is -2.45. The van der Waals surface area contributed by atoms with E-state index in [9.17, 15) is 9.90 Å². The highest BCUT2D eigenvalue weighted by atomic mass is 16.6. The molecule has 3 aliphatic rings. The van der Waals surface area contributed by atoms with E-state index >= 15 is 0 Å². The Morgan fingerprint density at radius 1 is 1.05 bits per heavy atom. The average molecular weight is 532 g/mol. The van der Waals surface area contributed by atoms with Crippen molar-refractivity contribution in [3.8, 4) is 0 Å². The van der Waals surface area contributed by atoms with Gasteiger partial charge in [-0.05, 0) is 69.3 Å². The third kappa shape index (κ3) is 7.40. The van der Waals surface area contributed by atoms with Gasteiger partial charge < -0.3 is 23.9 Å². The number of allylic oxidation sites excluding steroid dienone is 2. The number of unbranched alkanes of at least 4 members (excludes halogenated alkanes) is 1. The summed E-state index contributed by atoms with van der Waals surface area (Å²) in [4.78, 5) is 11.8. The second kappa shape index (κ2) is 13.3. The van der Waals surface area contributed by atoms with E-state index in [4.69, 9.17) is 18.8 Å². The van der Waals surface area contributed by atoms with E-state index in [2.05, 4.69) is 24.3 Å². The Morgan fingerprint density at radius 3 is 2.51 bits per heavy atom. The van der Waals surface area contributed by atoms with Crippen LogP contribution in [-0.2, 0) is 30.0 Å². The molecule has 1 N–H and O–H groups in total. The van der Waals surface area contributed by atoms with E-state index in [1.165, 1.54) is 5.56 Å². The number of hydrogen-bond acceptors (Lipinski definition) is 6. The van der Waals surface area contributed by atoms with Crippen molar-refractivity contribution in [1.82, 2.24) is 0 Å². The Kier molecular flexibility index (Phi) is 9.56. The van der Waals surface area contributed by atoms with Crippen LogP contribution in [0.1, 0.15) is 57.9 Å². The molecule has 7 atom stereocenters. The first kappa shape index (κ1) is 28.1. The number of carbonyl (C=O) groups is 1. The summed E-state index contributed by atoms with van der Waals surface area (Å²) >= 11 is 0. The van der Waals surface area contributed by atoms with E-state index in [-0.39, 0.29) is 55.4 Å². The molecule has 0 radical (unpaired) electrons. The fraction of sp³-hybridized carbons (Fsp3) is 0.531. The zero-order valence-corrected chi connectivity index (χ0v) is 23.1. The number of fused-ring (bicyclic) bond motifs is 2. The van der Waals surface area contributed by atoms with Gasteiger partial charge in [-0.3, -0.25) is 4.79 Å². The maximum absolute atomic E-state index is 11.8. The third-order valence-electron chi connectivity index (χ3n) is 8.12. The summed E-state index contributed by atoms with van der Waals surface area (Å²) in [7, 11) is -0.376. The molecule has 3 fully saturated rings. The van der Waals surface area contributed by atoms with Crippen LogP contribution in [0.4, 0.5) is 0 Å². The minimum atomic E-state index is -0.497. The predicted molar refractivity (Wildman–Crippen MR) is 151 cm³/mol. The van der Waals surface area contributed by atoms with Crippen LogP contribution in [0.5, 0.6) is 0 Å². The number of hydrogen-bond donors (Lipinski definition) is 1. The highest BCUT2D eigenvalue weighted by Crippen LogP contribution is 2.50. The Balaban J connectivity index is 1.19. The van der Waals surface area contributed by atoms with Crippen LogP contribution in [0.2, 0.25) is 0 Å². The molecule has 0 aromatic heterocycles. The maximum Gasteiger partial charge on any atom is 0.494 e. The monoisotopic (exact) mass is 532 g/mol. The smallest absolute Gasteiger partial charge is 0.463 e. The van der Waals surface area contributed by atoms with Gasteiger partial charge in [-0.2, -0.15) is 0 Å². The molecule has 2 aromatic carbocycles. The molecule has 2 saturated heterocycles. The lowest BCUT2D eigenvalue weighted by Gasteiger charge is -2.28. The standard InChI is InChI=1S/C32H41BO6/c1-22(2)36-29(35)18-12-4-3-11-17-25-27-21-28(39-33(38-27)24-15-9-6-10-16-24)30(25)32-31(37-32)26(34)20-19-23-13-7-5-8-14-23/h3,5-11,13-16,22,25-28,30-32,34H,4,12,17-21H2,1-2H3/b11-3-/t25-,26-,27-,28+,30+,31-,32-/m0/s1. The first-order chi connectivity index (χ1) is 19.0. The molecule has 2 heterocycles. The summed E-state index contributed by atoms with van der Waals surface area (Å²) in [6.07, 6.45) is 9.03. The first-order valence-corrected chi connectivity index (χ1v) is 14.6. The number of benzene rings is 2. The van der Waals surface area contributed by atoms with Crippen molar-refractivity contribution in [2.24, 2.45) is 11.8 Å². The quantitative estimate of drug-likeness (QED) is 0.133. The van der Waals surface area contributed by atoms with Gasteiger partial charge in [0.05, 0.1) is 24.4 Å². The van der Waals surface area contributed by atoms with Gasteiger partial charge in [0.25, 0.3) is 0 Å². The van der Waals surface area contributed by atoms with Crippen molar-refractivity contribution in [3.05, 3.63) is 78.4 Å².